The molecule has 0 aliphatic rings. The number of aliphatic imine (C=N–C) groups is 1. The molecule has 0 saturated carbocycles. The number of nitrogens with two attached hydrogens (primary N) is 3. The maximum Gasteiger partial charge on any atom is 0.326 e. The third kappa shape index (κ3) is 12.8. The Hall–Kier alpha value is -4.05. The van der Waals surface area contributed by atoms with Gasteiger partial charge in [0, 0.05) is 25.1 Å². The summed E-state index contributed by atoms with van der Waals surface area (Å²) in [4.78, 5) is 65.1. The van der Waals surface area contributed by atoms with E-state index in [-0.39, 0.29) is 49.7 Å². The normalized spacial score (nSPS) is 13.7. The first-order chi connectivity index (χ1) is 18.3. The van der Waals surface area contributed by atoms with Gasteiger partial charge in [-0.1, -0.05) is 12.1 Å². The standard InChI is InChI=1S/C23H35N7O8S/c24-14(11-39)19(34)28-15(7-8-18(32)33)20(35)30-17(10-12-3-5-13(31)6-4-12)21(36)29-16(22(37)38)2-1-9-27-23(25)26/h3-6,14-17,31,39H,1-2,7-11,24H2,(H,28,34)(H,29,36)(H,30,35)(H,32,33)(H,37,38)(H4,25,26,27). The molecular weight excluding hydrogens is 534 g/mol. The number of guanidine groups is 1. The molecule has 1 aromatic rings. The average molecular weight is 570 g/mol. The first-order valence-corrected chi connectivity index (χ1v) is 12.5. The molecule has 15 nitrogen and oxygen atoms in total. The van der Waals surface area contributed by atoms with Crippen LogP contribution in [0.1, 0.15) is 31.2 Å². The fraction of sp³-hybridized carbons (Fsp3) is 0.478. The third-order valence-electron chi connectivity index (χ3n) is 5.38. The van der Waals surface area contributed by atoms with Crippen LogP contribution in [0.25, 0.3) is 0 Å². The van der Waals surface area contributed by atoms with E-state index in [4.69, 9.17) is 22.3 Å². The van der Waals surface area contributed by atoms with Crippen molar-refractivity contribution in [3.05, 3.63) is 29.8 Å². The number of carbonyl (C=O) groups is 5. The van der Waals surface area contributed by atoms with Crippen molar-refractivity contribution in [3.63, 3.8) is 0 Å². The lowest BCUT2D eigenvalue weighted by Crippen LogP contribution is -2.57. The topological polar surface area (TPSA) is 273 Å². The summed E-state index contributed by atoms with van der Waals surface area (Å²) in [6.45, 7) is 0.134. The van der Waals surface area contributed by atoms with Gasteiger partial charge in [-0.25, -0.2) is 4.79 Å². The first-order valence-electron chi connectivity index (χ1n) is 11.9. The Morgan fingerprint density at radius 1 is 0.872 bits per heavy atom. The highest BCUT2D eigenvalue weighted by Gasteiger charge is 2.30. The molecular formula is C23H35N7O8S. The summed E-state index contributed by atoms with van der Waals surface area (Å²) in [5.74, 6) is -5.25. The van der Waals surface area contributed by atoms with Crippen molar-refractivity contribution in [1.29, 1.82) is 0 Å². The Labute approximate surface area is 230 Å². The van der Waals surface area contributed by atoms with E-state index in [1.165, 1.54) is 24.3 Å². The highest BCUT2D eigenvalue weighted by atomic mass is 32.1. The molecule has 1 aromatic carbocycles. The van der Waals surface area contributed by atoms with Crippen molar-refractivity contribution >= 4 is 48.2 Å². The first kappa shape index (κ1) is 33.0. The molecule has 0 fully saturated rings. The van der Waals surface area contributed by atoms with Gasteiger partial charge < -0.3 is 48.5 Å². The van der Waals surface area contributed by atoms with Gasteiger partial charge >= 0.3 is 11.9 Å². The van der Waals surface area contributed by atoms with Gasteiger partial charge in [-0.3, -0.25) is 24.2 Å². The maximum atomic E-state index is 13.2. The summed E-state index contributed by atoms with van der Waals surface area (Å²) in [5, 5.41) is 35.4. The van der Waals surface area contributed by atoms with E-state index >= 15 is 0 Å². The maximum absolute atomic E-state index is 13.2. The number of carboxylic acid groups (broad SMARTS) is 2. The molecule has 0 aliphatic carbocycles. The quantitative estimate of drug-likeness (QED) is 0.0410. The number of amides is 3. The minimum Gasteiger partial charge on any atom is -0.508 e. The van der Waals surface area contributed by atoms with Crippen molar-refractivity contribution in [2.24, 2.45) is 22.2 Å². The summed E-state index contributed by atoms with van der Waals surface area (Å²) >= 11 is 3.93. The van der Waals surface area contributed by atoms with Gasteiger partial charge in [0.25, 0.3) is 0 Å². The van der Waals surface area contributed by atoms with E-state index in [1.807, 2.05) is 0 Å². The highest BCUT2D eigenvalue weighted by Crippen LogP contribution is 2.12. The van der Waals surface area contributed by atoms with Crippen LogP contribution in [0.5, 0.6) is 5.75 Å². The second-order valence-electron chi connectivity index (χ2n) is 8.56. The van der Waals surface area contributed by atoms with Crippen molar-refractivity contribution < 1.29 is 39.3 Å². The van der Waals surface area contributed by atoms with Crippen LogP contribution >= 0.6 is 12.6 Å². The molecule has 4 atom stereocenters. The van der Waals surface area contributed by atoms with Gasteiger partial charge in [-0.15, -0.1) is 0 Å². The second-order valence-corrected chi connectivity index (χ2v) is 8.93. The van der Waals surface area contributed by atoms with E-state index in [0.29, 0.717) is 5.56 Å². The van der Waals surface area contributed by atoms with Gasteiger partial charge in [0.05, 0.1) is 6.04 Å². The lowest BCUT2D eigenvalue weighted by molar-refractivity contribution is -0.142. The number of hydrogen-bond donors (Lipinski definition) is 10. The number of nitrogens with one attached hydrogen (secondary N) is 3. The molecule has 0 heterocycles. The van der Waals surface area contributed by atoms with E-state index in [1.54, 1.807) is 0 Å². The van der Waals surface area contributed by atoms with Crippen molar-refractivity contribution in [3.8, 4) is 5.75 Å². The number of nitrogens with zero attached hydrogens (tertiary/aromatic N) is 1. The largest absolute Gasteiger partial charge is 0.508 e. The average Bonchev–Trinajstić information content (AvgIpc) is 2.87. The van der Waals surface area contributed by atoms with E-state index in [0.717, 1.165) is 0 Å². The Morgan fingerprint density at radius 3 is 1.97 bits per heavy atom. The number of hydrogen-bond acceptors (Lipinski definition) is 9. The molecule has 0 aliphatic heterocycles. The molecule has 0 bridgehead atoms. The number of aliphatic carboxylic acids is 2. The Balaban J connectivity index is 3.14. The van der Waals surface area contributed by atoms with Gasteiger partial charge in [0.1, 0.15) is 23.9 Å². The summed E-state index contributed by atoms with van der Waals surface area (Å²) < 4.78 is 0. The van der Waals surface area contributed by atoms with Crippen molar-refractivity contribution in [1.82, 2.24) is 16.0 Å². The zero-order chi connectivity index (χ0) is 29.5. The molecule has 16 heteroatoms. The van der Waals surface area contributed by atoms with Crippen LogP contribution in [0.3, 0.4) is 0 Å². The molecule has 0 aromatic heterocycles. The number of phenols is 1. The Bertz CT molecular complexity index is 1030. The van der Waals surface area contributed by atoms with E-state index in [9.17, 15) is 34.2 Å². The molecule has 0 spiro atoms. The van der Waals surface area contributed by atoms with Gasteiger partial charge in [0.2, 0.25) is 17.7 Å². The smallest absolute Gasteiger partial charge is 0.326 e. The predicted molar refractivity (Wildman–Crippen MR) is 144 cm³/mol. The minimum atomic E-state index is -1.36. The predicted octanol–water partition coefficient (Wildman–Crippen LogP) is -2.35. The molecule has 0 radical (unpaired) electrons. The zero-order valence-corrected chi connectivity index (χ0v) is 22.0. The Morgan fingerprint density at radius 2 is 1.44 bits per heavy atom. The zero-order valence-electron chi connectivity index (χ0n) is 21.1. The fourth-order valence-corrected chi connectivity index (χ4v) is 3.45. The van der Waals surface area contributed by atoms with Crippen LogP contribution in [0, 0.1) is 0 Å². The lowest BCUT2D eigenvalue weighted by Gasteiger charge is -2.25. The number of thiol groups is 1. The summed E-state index contributed by atoms with van der Waals surface area (Å²) in [7, 11) is 0. The molecule has 39 heavy (non-hydrogen) atoms. The molecule has 0 saturated heterocycles. The summed E-state index contributed by atoms with van der Waals surface area (Å²) in [6, 6.07) is 0.646. The number of benzene rings is 1. The SMILES string of the molecule is NC(N)=NCCCC(NC(=O)C(Cc1ccc(O)cc1)NC(=O)C(CCC(=O)O)NC(=O)C(N)CS)C(=O)O. The minimum absolute atomic E-state index is 0.0172. The molecule has 12 N–H and O–H groups in total. The van der Waals surface area contributed by atoms with Crippen LogP contribution in [-0.2, 0) is 30.4 Å². The summed E-state index contributed by atoms with van der Waals surface area (Å²) in [5.41, 5.74) is 16.6. The van der Waals surface area contributed by atoms with Crippen molar-refractivity contribution in [2.45, 2.75) is 56.3 Å². The number of carbonyl (C=O) groups excluding carboxylic acids is 3. The van der Waals surface area contributed by atoms with Crippen LogP contribution < -0.4 is 33.2 Å². The van der Waals surface area contributed by atoms with E-state index < -0.39 is 60.2 Å². The van der Waals surface area contributed by atoms with Gasteiger partial charge in [-0.2, -0.15) is 12.6 Å². The van der Waals surface area contributed by atoms with Crippen LogP contribution in [0.4, 0.5) is 0 Å². The summed E-state index contributed by atoms with van der Waals surface area (Å²) in [6.07, 6.45) is -0.675. The number of phenolic OH excluding ortho intramolecular Hbond substituents is 1. The number of aromatic hydroxyl groups is 1. The monoisotopic (exact) mass is 569 g/mol. The van der Waals surface area contributed by atoms with Crippen molar-refractivity contribution in [2.75, 3.05) is 12.3 Å². The van der Waals surface area contributed by atoms with Crippen LogP contribution in [0.15, 0.2) is 29.3 Å². The molecule has 3 amide bonds. The van der Waals surface area contributed by atoms with E-state index in [2.05, 4.69) is 33.6 Å². The second kappa shape index (κ2) is 16.7. The highest BCUT2D eigenvalue weighted by molar-refractivity contribution is 7.80. The van der Waals surface area contributed by atoms with Crippen LogP contribution in [0.2, 0.25) is 0 Å². The number of rotatable bonds is 17. The number of carboxylic acids is 2. The molecule has 216 valence electrons. The third-order valence-corrected chi connectivity index (χ3v) is 5.78. The molecule has 1 rings (SSSR count). The lowest BCUT2D eigenvalue weighted by atomic mass is 10.0. The van der Waals surface area contributed by atoms with Crippen LogP contribution in [-0.4, -0.2) is 87.4 Å². The van der Waals surface area contributed by atoms with Gasteiger partial charge in [0.15, 0.2) is 5.96 Å². The molecule has 4 unspecified atom stereocenters. The Kier molecular flexibility index (Phi) is 14.1. The van der Waals surface area contributed by atoms with Gasteiger partial charge in [-0.05, 0) is 37.0 Å². The fourth-order valence-electron chi connectivity index (χ4n) is 3.28.